The number of rotatable bonds is 4. The number of amides is 1. The van der Waals surface area contributed by atoms with Gasteiger partial charge in [-0.05, 0) is 36.2 Å². The highest BCUT2D eigenvalue weighted by Gasteiger charge is 2.32. The van der Waals surface area contributed by atoms with E-state index >= 15 is 0 Å². The van der Waals surface area contributed by atoms with E-state index < -0.39 is 40.6 Å². The van der Waals surface area contributed by atoms with Crippen molar-refractivity contribution in [2.24, 2.45) is 0 Å². The van der Waals surface area contributed by atoms with E-state index in [1.807, 2.05) is 0 Å². The minimum atomic E-state index is -4.74. The van der Waals surface area contributed by atoms with Crippen LogP contribution in [0.3, 0.4) is 0 Å². The fraction of sp³-hybridized carbons (Fsp3) is 0.250. The van der Waals surface area contributed by atoms with Crippen LogP contribution in [-0.4, -0.2) is 17.4 Å². The van der Waals surface area contributed by atoms with Gasteiger partial charge in [0.25, 0.3) is 11.5 Å². The predicted molar refractivity (Wildman–Crippen MR) is 79.5 cm³/mol. The van der Waals surface area contributed by atoms with Gasteiger partial charge in [0.2, 0.25) is 0 Å². The number of carbonyl (C=O) groups excluding carboxylic acids is 1. The Bertz CT molecular complexity index is 838. The number of H-pyrrole nitrogens is 1. The van der Waals surface area contributed by atoms with E-state index in [1.54, 1.807) is 4.98 Å². The second-order valence-corrected chi connectivity index (χ2v) is 5.31. The molecule has 1 aromatic heterocycles. The normalized spacial score (nSPS) is 12.1. The molecule has 140 valence electrons. The first-order valence-electron chi connectivity index (χ1n) is 7.23. The Morgan fingerprint density at radius 3 is 2.04 bits per heavy atom. The highest BCUT2D eigenvalue weighted by molar-refractivity contribution is 5.93. The van der Waals surface area contributed by atoms with Crippen molar-refractivity contribution in [1.82, 2.24) is 10.3 Å². The van der Waals surface area contributed by atoms with Crippen LogP contribution in [0.15, 0.2) is 41.2 Å². The van der Waals surface area contributed by atoms with Crippen molar-refractivity contribution in [3.05, 3.63) is 69.1 Å². The van der Waals surface area contributed by atoms with E-state index in [0.717, 1.165) is 18.2 Å². The largest absolute Gasteiger partial charge is 0.431 e. The summed E-state index contributed by atoms with van der Waals surface area (Å²) in [5.41, 5.74) is -3.25. The molecular formula is C16H12F6N2O2. The lowest BCUT2D eigenvalue weighted by molar-refractivity contribution is -0.141. The highest BCUT2D eigenvalue weighted by Crippen LogP contribution is 2.29. The molecule has 0 unspecified atom stereocenters. The van der Waals surface area contributed by atoms with Gasteiger partial charge in [0.15, 0.2) is 0 Å². The summed E-state index contributed by atoms with van der Waals surface area (Å²) in [5, 5.41) is 2.33. The van der Waals surface area contributed by atoms with Crippen LogP contribution >= 0.6 is 0 Å². The molecule has 0 saturated heterocycles. The molecule has 2 N–H and O–H groups in total. The van der Waals surface area contributed by atoms with Crippen LogP contribution in [0, 0.1) is 0 Å². The number of nitrogens with one attached hydrogen (secondary N) is 2. The van der Waals surface area contributed by atoms with Gasteiger partial charge in [-0.15, -0.1) is 0 Å². The average Bonchev–Trinajstić information content (AvgIpc) is 2.53. The molecule has 10 heteroatoms. The van der Waals surface area contributed by atoms with Crippen LogP contribution in [0.4, 0.5) is 26.3 Å². The first-order chi connectivity index (χ1) is 12.0. The zero-order valence-electron chi connectivity index (χ0n) is 13.0. The molecule has 1 heterocycles. The fourth-order valence-electron chi connectivity index (χ4n) is 2.09. The maximum absolute atomic E-state index is 12.5. The number of hydrogen-bond donors (Lipinski definition) is 2. The monoisotopic (exact) mass is 378 g/mol. The van der Waals surface area contributed by atoms with E-state index in [2.05, 4.69) is 5.32 Å². The first-order valence-corrected chi connectivity index (χ1v) is 7.23. The molecule has 4 nitrogen and oxygen atoms in total. The van der Waals surface area contributed by atoms with E-state index in [9.17, 15) is 35.9 Å². The summed E-state index contributed by atoms with van der Waals surface area (Å²) in [4.78, 5) is 25.0. The predicted octanol–water partition coefficient (Wildman–Crippen LogP) is 3.39. The van der Waals surface area contributed by atoms with Crippen LogP contribution in [-0.2, 0) is 18.8 Å². The summed E-state index contributed by atoms with van der Waals surface area (Å²) in [7, 11) is 0. The van der Waals surface area contributed by atoms with Gasteiger partial charge < -0.3 is 10.3 Å². The molecule has 0 saturated carbocycles. The molecule has 0 aliphatic carbocycles. The van der Waals surface area contributed by atoms with Gasteiger partial charge in [0, 0.05) is 6.54 Å². The average molecular weight is 378 g/mol. The molecule has 0 aliphatic rings. The van der Waals surface area contributed by atoms with Crippen LogP contribution < -0.4 is 10.9 Å². The summed E-state index contributed by atoms with van der Waals surface area (Å²) in [5.74, 6) is -0.883. The molecular weight excluding hydrogens is 366 g/mol. The molecule has 1 amide bonds. The van der Waals surface area contributed by atoms with Crippen LogP contribution in [0.5, 0.6) is 0 Å². The molecule has 0 atom stereocenters. The van der Waals surface area contributed by atoms with Crippen molar-refractivity contribution >= 4 is 5.91 Å². The molecule has 2 aromatic rings. The number of pyridine rings is 1. The molecule has 0 spiro atoms. The SMILES string of the molecule is O=C(NCCc1ccc(C(F)(F)F)cc1)c1ccc(C(F)(F)F)[nH]c1=O. The lowest BCUT2D eigenvalue weighted by Gasteiger charge is -2.09. The number of hydrogen-bond acceptors (Lipinski definition) is 2. The fourth-order valence-corrected chi connectivity index (χ4v) is 2.09. The quantitative estimate of drug-likeness (QED) is 0.802. The first kappa shape index (κ1) is 19.5. The van der Waals surface area contributed by atoms with Gasteiger partial charge in [-0.1, -0.05) is 12.1 Å². The number of carbonyl (C=O) groups is 1. The van der Waals surface area contributed by atoms with Crippen LogP contribution in [0.25, 0.3) is 0 Å². The number of halogens is 6. The molecule has 0 aliphatic heterocycles. The Morgan fingerprint density at radius 2 is 1.54 bits per heavy atom. The van der Waals surface area contributed by atoms with E-state index in [0.29, 0.717) is 11.6 Å². The molecule has 0 fully saturated rings. The van der Waals surface area contributed by atoms with E-state index in [-0.39, 0.29) is 13.0 Å². The second-order valence-electron chi connectivity index (χ2n) is 5.31. The molecule has 0 radical (unpaired) electrons. The lowest BCUT2D eigenvalue weighted by atomic mass is 10.1. The summed E-state index contributed by atoms with van der Waals surface area (Å²) in [6.07, 6.45) is -9.00. The Labute approximate surface area is 142 Å². The van der Waals surface area contributed by atoms with E-state index in [4.69, 9.17) is 0 Å². The third-order valence-corrected chi connectivity index (χ3v) is 3.44. The van der Waals surface area contributed by atoms with E-state index in [1.165, 1.54) is 12.1 Å². The molecule has 26 heavy (non-hydrogen) atoms. The van der Waals surface area contributed by atoms with Gasteiger partial charge in [0.1, 0.15) is 11.3 Å². The van der Waals surface area contributed by atoms with Gasteiger partial charge in [-0.25, -0.2) is 0 Å². The summed E-state index contributed by atoms with van der Waals surface area (Å²) in [6.45, 7) is -0.00927. The zero-order chi connectivity index (χ0) is 19.5. The maximum atomic E-state index is 12.5. The Hall–Kier alpha value is -2.78. The molecule has 1 aromatic carbocycles. The second kappa shape index (κ2) is 7.22. The number of benzene rings is 1. The summed E-state index contributed by atoms with van der Waals surface area (Å²) in [6, 6.07) is 5.64. The minimum Gasteiger partial charge on any atom is -0.352 e. The van der Waals surface area contributed by atoms with Crippen LogP contribution in [0.2, 0.25) is 0 Å². The topological polar surface area (TPSA) is 62.0 Å². The standard InChI is InChI=1S/C16H12F6N2O2/c17-15(18,19)10-3-1-9(2-4-10)7-8-23-13(25)11-5-6-12(16(20,21)22)24-14(11)26/h1-6H,7-8H2,(H,23,25)(H,24,26). The van der Waals surface area contributed by atoms with Gasteiger partial charge in [-0.3, -0.25) is 9.59 Å². The summed E-state index contributed by atoms with van der Waals surface area (Å²) < 4.78 is 74.7. The van der Waals surface area contributed by atoms with Crippen molar-refractivity contribution in [1.29, 1.82) is 0 Å². The van der Waals surface area contributed by atoms with Crippen molar-refractivity contribution in [2.45, 2.75) is 18.8 Å². The maximum Gasteiger partial charge on any atom is 0.431 e. The Kier molecular flexibility index (Phi) is 5.43. The van der Waals surface area contributed by atoms with Gasteiger partial charge >= 0.3 is 12.4 Å². The minimum absolute atomic E-state index is 0.00927. The number of alkyl halides is 6. The third-order valence-electron chi connectivity index (χ3n) is 3.44. The number of aromatic amines is 1. The third kappa shape index (κ3) is 4.87. The highest BCUT2D eigenvalue weighted by atomic mass is 19.4. The van der Waals surface area contributed by atoms with Crippen molar-refractivity contribution in [2.75, 3.05) is 6.54 Å². The Morgan fingerprint density at radius 1 is 0.923 bits per heavy atom. The smallest absolute Gasteiger partial charge is 0.352 e. The summed E-state index contributed by atoms with van der Waals surface area (Å²) >= 11 is 0. The van der Waals surface area contributed by atoms with Crippen LogP contribution in [0.1, 0.15) is 27.2 Å². The molecule has 0 bridgehead atoms. The molecule has 2 rings (SSSR count). The number of aromatic nitrogens is 1. The zero-order valence-corrected chi connectivity index (χ0v) is 13.0. The van der Waals surface area contributed by atoms with Gasteiger partial charge in [-0.2, -0.15) is 26.3 Å². The van der Waals surface area contributed by atoms with Gasteiger partial charge in [0.05, 0.1) is 5.56 Å². The van der Waals surface area contributed by atoms with Crippen molar-refractivity contribution in [3.8, 4) is 0 Å². The lowest BCUT2D eigenvalue weighted by Crippen LogP contribution is -2.32. The van der Waals surface area contributed by atoms with Crippen molar-refractivity contribution < 1.29 is 31.1 Å². The van der Waals surface area contributed by atoms with Crippen molar-refractivity contribution in [3.63, 3.8) is 0 Å². The Balaban J connectivity index is 1.96.